The number of rotatable bonds is 8. The zero-order valence-electron chi connectivity index (χ0n) is 31.6. The zero-order valence-corrected chi connectivity index (χ0v) is 31.6. The van der Waals surface area contributed by atoms with Crippen LogP contribution >= 0.6 is 0 Å². The molecule has 1 unspecified atom stereocenters. The van der Waals surface area contributed by atoms with Crippen LogP contribution in [0, 0.1) is 22.7 Å². The van der Waals surface area contributed by atoms with Gasteiger partial charge in [0.1, 0.15) is 40.0 Å². The molecule has 0 aliphatic heterocycles. The highest BCUT2D eigenvalue weighted by atomic mass is 16.5. The molecule has 0 saturated heterocycles. The largest absolute Gasteiger partial charge is 0.511 e. The van der Waals surface area contributed by atoms with Gasteiger partial charge in [-0.25, -0.2) is 0 Å². The molecule has 0 amide bonds. The standard InChI is InChI=1S/C44H48O9/c1-23(2)35-37(48)33(24(3)45)39(50)44(52)40(51)36-38(49)34-31(21-42(36,7)22-43(35,44)8)30(17-18-32(34)47)27-13-9-25(10-14-27)19-28(46)20-26-11-15-29(16-12-26)53-41(4,5)6/h9-18,23,35,47-48,51-52H,19-22H2,1-8H3/t35?,42-,43-,44+/m1/s1. The summed E-state index contributed by atoms with van der Waals surface area (Å²) < 4.78 is 5.87. The van der Waals surface area contributed by atoms with Gasteiger partial charge in [0.15, 0.2) is 17.2 Å². The number of carbonyl (C=O) groups is 4. The Labute approximate surface area is 310 Å². The van der Waals surface area contributed by atoms with Crippen molar-refractivity contribution < 1.29 is 44.3 Å². The highest BCUT2D eigenvalue weighted by Gasteiger charge is 2.71. The summed E-state index contributed by atoms with van der Waals surface area (Å²) >= 11 is 0. The lowest BCUT2D eigenvalue weighted by atomic mass is 9.44. The maximum absolute atomic E-state index is 14.4. The number of benzene rings is 3. The van der Waals surface area contributed by atoms with E-state index in [4.69, 9.17) is 4.74 Å². The van der Waals surface area contributed by atoms with Crippen molar-refractivity contribution in [1.82, 2.24) is 0 Å². The number of aliphatic hydroxyl groups is 3. The van der Waals surface area contributed by atoms with Gasteiger partial charge in [-0.1, -0.05) is 70.2 Å². The summed E-state index contributed by atoms with van der Waals surface area (Å²) in [5.41, 5.74) is -2.78. The molecule has 4 atom stereocenters. The predicted octanol–water partition coefficient (Wildman–Crippen LogP) is 7.55. The lowest BCUT2D eigenvalue weighted by molar-refractivity contribution is -0.171. The van der Waals surface area contributed by atoms with Crippen molar-refractivity contribution >= 4 is 23.1 Å². The van der Waals surface area contributed by atoms with Crippen LogP contribution in [0.1, 0.15) is 88.9 Å². The quantitative estimate of drug-likeness (QED) is 0.173. The van der Waals surface area contributed by atoms with E-state index in [0.29, 0.717) is 11.1 Å². The van der Waals surface area contributed by atoms with Gasteiger partial charge in [0.2, 0.25) is 5.78 Å². The van der Waals surface area contributed by atoms with Gasteiger partial charge in [0.25, 0.3) is 0 Å². The summed E-state index contributed by atoms with van der Waals surface area (Å²) in [6.45, 7) is 14.0. The Kier molecular flexibility index (Phi) is 9.13. The fraction of sp³-hybridized carbons (Fsp3) is 0.409. The molecule has 9 heteroatoms. The normalized spacial score (nSPS) is 25.6. The van der Waals surface area contributed by atoms with Crippen LogP contribution in [0.25, 0.3) is 11.1 Å². The van der Waals surface area contributed by atoms with E-state index in [1.165, 1.54) is 6.07 Å². The molecule has 0 aromatic heterocycles. The first-order valence-electron chi connectivity index (χ1n) is 18.1. The molecule has 0 fully saturated rings. The Bertz CT molecular complexity index is 2110. The van der Waals surface area contributed by atoms with Crippen LogP contribution in [-0.4, -0.2) is 54.8 Å². The Hall–Kier alpha value is -5.02. The summed E-state index contributed by atoms with van der Waals surface area (Å²) in [6, 6.07) is 18.1. The Morgan fingerprint density at radius 3 is 1.98 bits per heavy atom. The summed E-state index contributed by atoms with van der Waals surface area (Å²) in [5.74, 6) is -4.69. The highest BCUT2D eigenvalue weighted by molar-refractivity contribution is 6.25. The van der Waals surface area contributed by atoms with E-state index in [2.05, 4.69) is 0 Å². The number of aromatic hydroxyl groups is 1. The summed E-state index contributed by atoms with van der Waals surface area (Å²) in [5, 5.41) is 46.6. The molecule has 3 aromatic carbocycles. The third kappa shape index (κ3) is 6.09. The van der Waals surface area contributed by atoms with Crippen LogP contribution in [0.2, 0.25) is 0 Å². The molecule has 4 N–H and O–H groups in total. The van der Waals surface area contributed by atoms with Crippen LogP contribution in [0.4, 0.5) is 0 Å². The van der Waals surface area contributed by atoms with Crippen molar-refractivity contribution in [2.75, 3.05) is 0 Å². The van der Waals surface area contributed by atoms with Crippen LogP contribution < -0.4 is 4.74 Å². The molecule has 0 bridgehead atoms. The Morgan fingerprint density at radius 2 is 1.45 bits per heavy atom. The number of aliphatic hydroxyl groups excluding tert-OH is 2. The number of ether oxygens (including phenoxy) is 1. The third-order valence-corrected chi connectivity index (χ3v) is 11.3. The van der Waals surface area contributed by atoms with E-state index >= 15 is 0 Å². The molecule has 0 saturated carbocycles. The lowest BCUT2D eigenvalue weighted by Gasteiger charge is -2.59. The molecular weight excluding hydrogens is 672 g/mol. The topological polar surface area (TPSA) is 158 Å². The molecule has 53 heavy (non-hydrogen) atoms. The molecule has 0 radical (unpaired) electrons. The van der Waals surface area contributed by atoms with E-state index < -0.39 is 56.8 Å². The monoisotopic (exact) mass is 720 g/mol. The Balaban J connectivity index is 1.33. The first-order chi connectivity index (χ1) is 24.6. The van der Waals surface area contributed by atoms with E-state index in [0.717, 1.165) is 29.4 Å². The molecule has 0 heterocycles. The van der Waals surface area contributed by atoms with Crippen LogP contribution in [0.5, 0.6) is 11.5 Å². The first kappa shape index (κ1) is 37.7. The second kappa shape index (κ2) is 12.8. The zero-order chi connectivity index (χ0) is 39.0. The SMILES string of the molecule is CC(=O)C1=C(O)C(C(C)C)[C@@]2(C)C[C@@]3(C)Cc4c(-c5ccc(CC(=O)Cc6ccc(OC(C)(C)C)cc6)cc5)ccc(O)c4C(=O)C3=C(O)[C@@]2(O)C1=O. The second-order valence-corrected chi connectivity index (χ2v) is 16.9. The van der Waals surface area contributed by atoms with Crippen molar-refractivity contribution in [1.29, 1.82) is 0 Å². The minimum atomic E-state index is -2.66. The van der Waals surface area contributed by atoms with Crippen LogP contribution in [0.15, 0.2) is 83.3 Å². The maximum Gasteiger partial charge on any atom is 0.209 e. The van der Waals surface area contributed by atoms with Gasteiger partial charge in [0, 0.05) is 35.2 Å². The number of phenols is 1. The average molecular weight is 721 g/mol. The summed E-state index contributed by atoms with van der Waals surface area (Å²) in [4.78, 5) is 54.0. The maximum atomic E-state index is 14.4. The lowest BCUT2D eigenvalue weighted by Crippen LogP contribution is -2.67. The van der Waals surface area contributed by atoms with Crippen LogP contribution in [-0.2, 0) is 33.6 Å². The smallest absolute Gasteiger partial charge is 0.209 e. The molecule has 6 rings (SSSR count). The van der Waals surface area contributed by atoms with Crippen LogP contribution in [0.3, 0.4) is 0 Å². The molecule has 9 nitrogen and oxygen atoms in total. The number of allylic oxidation sites excluding steroid dienone is 2. The first-order valence-corrected chi connectivity index (χ1v) is 18.1. The van der Waals surface area contributed by atoms with Gasteiger partial charge in [-0.2, -0.15) is 0 Å². The number of fused-ring (bicyclic) bond motifs is 3. The van der Waals surface area contributed by atoms with Crippen molar-refractivity contribution in [3.8, 4) is 22.6 Å². The van der Waals surface area contributed by atoms with Gasteiger partial charge in [-0.15, -0.1) is 0 Å². The number of phenolic OH excluding ortho intramolecular Hbond substituents is 1. The summed E-state index contributed by atoms with van der Waals surface area (Å²) in [6.07, 6.45) is 0.661. The van der Waals surface area contributed by atoms with E-state index in [1.54, 1.807) is 33.8 Å². The van der Waals surface area contributed by atoms with E-state index in [1.807, 2.05) is 69.3 Å². The fourth-order valence-electron chi connectivity index (χ4n) is 9.35. The molecule has 3 aliphatic carbocycles. The molecule has 0 spiro atoms. The molecular formula is C44H48O9. The fourth-order valence-corrected chi connectivity index (χ4v) is 9.35. The predicted molar refractivity (Wildman–Crippen MR) is 200 cm³/mol. The van der Waals surface area contributed by atoms with Gasteiger partial charge in [0.05, 0.1) is 5.56 Å². The second-order valence-electron chi connectivity index (χ2n) is 16.9. The summed E-state index contributed by atoms with van der Waals surface area (Å²) in [7, 11) is 0. The number of Topliss-reactive ketones (excluding diaryl/α,β-unsaturated/α-hetero) is 4. The molecule has 3 aromatic rings. The Morgan fingerprint density at radius 1 is 0.887 bits per heavy atom. The average Bonchev–Trinajstić information content (AvgIpc) is 3.03. The van der Waals surface area contributed by atoms with Crippen molar-refractivity contribution in [2.45, 2.75) is 92.3 Å². The molecule has 278 valence electrons. The number of ketones is 4. The number of carbonyl (C=O) groups excluding carboxylic acids is 4. The van der Waals surface area contributed by atoms with Gasteiger partial charge in [-0.3, -0.25) is 19.2 Å². The minimum absolute atomic E-state index is 0.00733. The van der Waals surface area contributed by atoms with Gasteiger partial charge in [-0.05, 0) is 92.5 Å². The van der Waals surface area contributed by atoms with E-state index in [9.17, 15) is 39.6 Å². The van der Waals surface area contributed by atoms with Crippen molar-refractivity contribution in [3.63, 3.8) is 0 Å². The van der Waals surface area contributed by atoms with E-state index in [-0.39, 0.29) is 59.9 Å². The third-order valence-electron chi connectivity index (χ3n) is 11.3. The van der Waals surface area contributed by atoms with Crippen molar-refractivity contribution in [2.24, 2.45) is 22.7 Å². The minimum Gasteiger partial charge on any atom is -0.511 e. The number of hydrogen-bond donors (Lipinski definition) is 4. The molecule has 3 aliphatic rings. The van der Waals surface area contributed by atoms with Gasteiger partial charge < -0.3 is 25.2 Å². The highest BCUT2D eigenvalue weighted by Crippen LogP contribution is 2.65. The number of hydrogen-bond acceptors (Lipinski definition) is 9. The van der Waals surface area contributed by atoms with Gasteiger partial charge >= 0.3 is 0 Å². The van der Waals surface area contributed by atoms with Crippen molar-refractivity contribution in [3.05, 3.63) is 106 Å².